The number of hydrogen-bond acceptors (Lipinski definition) is 8. The lowest BCUT2D eigenvalue weighted by molar-refractivity contribution is -0.129. The minimum atomic E-state index is -1.66. The van der Waals surface area contributed by atoms with Crippen LogP contribution < -0.4 is 21.3 Å². The van der Waals surface area contributed by atoms with Crippen LogP contribution in [0.1, 0.15) is 60.2 Å². The van der Waals surface area contributed by atoms with Crippen molar-refractivity contribution < 1.29 is 28.2 Å². The first-order chi connectivity index (χ1) is 17.8. The van der Waals surface area contributed by atoms with Crippen LogP contribution in [0.15, 0.2) is 27.8 Å². The summed E-state index contributed by atoms with van der Waals surface area (Å²) < 4.78 is 26.1. The first kappa shape index (κ1) is 28.8. The second kappa shape index (κ2) is 10.9. The van der Waals surface area contributed by atoms with E-state index in [1.165, 1.54) is 33.9 Å². The maximum absolute atomic E-state index is 14.0. The van der Waals surface area contributed by atoms with Crippen molar-refractivity contribution in [3.8, 4) is 5.75 Å². The van der Waals surface area contributed by atoms with E-state index in [-0.39, 0.29) is 44.6 Å². The number of nitrogens with zero attached hydrogens (tertiary/aromatic N) is 2. The fraction of sp³-hybridized carbons (Fsp3) is 0.423. The molecule has 2 heterocycles. The largest absolute Gasteiger partial charge is 0.496 e. The summed E-state index contributed by atoms with van der Waals surface area (Å²) >= 11 is 0.833. The van der Waals surface area contributed by atoms with Gasteiger partial charge in [-0.3, -0.25) is 19.0 Å². The fourth-order valence-corrected chi connectivity index (χ4v) is 5.22. The number of aromatic nitrogens is 2. The Balaban J connectivity index is 2.36. The van der Waals surface area contributed by atoms with Gasteiger partial charge >= 0.3 is 11.7 Å². The van der Waals surface area contributed by atoms with Crippen LogP contribution in [0.25, 0.3) is 10.2 Å². The van der Waals surface area contributed by atoms with Gasteiger partial charge in [0.25, 0.3) is 5.56 Å². The Bertz CT molecular complexity index is 1550. The predicted molar refractivity (Wildman–Crippen MR) is 141 cm³/mol. The highest BCUT2D eigenvalue weighted by Gasteiger charge is 2.36. The molecular formula is C26H30FN3O7S. The number of nitrogens with one attached hydrogen (secondary N) is 1. The topological polar surface area (TPSA) is 126 Å². The lowest BCUT2D eigenvalue weighted by Crippen LogP contribution is -2.56. The van der Waals surface area contributed by atoms with Gasteiger partial charge in [-0.1, -0.05) is 0 Å². The smallest absolute Gasteiger partial charge is 0.348 e. The first-order valence-electron chi connectivity index (χ1n) is 11.9. The number of halogens is 1. The number of Topliss-reactive ketones (excluding diaryl/α,β-unsaturated/α-hetero) is 1. The number of fused-ring (bicyclic) bond motifs is 1. The zero-order chi connectivity index (χ0) is 28.5. The zero-order valence-electron chi connectivity index (χ0n) is 22.3. The zero-order valence-corrected chi connectivity index (χ0v) is 23.1. The molecule has 0 saturated heterocycles. The molecule has 0 unspecified atom stereocenters. The number of ketones is 1. The SMILES string of the molecule is CCOC(=O)c1sc2c(c1C)c(=O)n(C(C)(C)C(=O)NC(C)C)c(=O)n2CC(=O)c1cc(F)ccc1OC. The molecule has 204 valence electrons. The molecule has 1 aromatic carbocycles. The number of methoxy groups -OCH3 is 1. The molecule has 0 spiro atoms. The molecule has 0 radical (unpaired) electrons. The first-order valence-corrected chi connectivity index (χ1v) is 12.7. The average Bonchev–Trinajstić information content (AvgIpc) is 3.18. The summed E-state index contributed by atoms with van der Waals surface area (Å²) in [6.45, 7) is 8.93. The van der Waals surface area contributed by atoms with Gasteiger partial charge in [0.05, 0.1) is 31.2 Å². The molecule has 0 atom stereocenters. The van der Waals surface area contributed by atoms with Gasteiger partial charge in [-0.2, -0.15) is 0 Å². The van der Waals surface area contributed by atoms with Crippen LogP contribution in [0.4, 0.5) is 4.39 Å². The molecule has 38 heavy (non-hydrogen) atoms. The van der Waals surface area contributed by atoms with Crippen molar-refractivity contribution >= 4 is 39.2 Å². The van der Waals surface area contributed by atoms with E-state index in [0.717, 1.165) is 32.6 Å². The summed E-state index contributed by atoms with van der Waals surface area (Å²) in [5.41, 5.74) is -3.24. The molecular weight excluding hydrogens is 517 g/mol. The fourth-order valence-electron chi connectivity index (χ4n) is 4.04. The lowest BCUT2D eigenvalue weighted by Gasteiger charge is -2.27. The number of benzene rings is 1. The Morgan fingerprint density at radius 3 is 2.42 bits per heavy atom. The minimum absolute atomic E-state index is 0.00193. The Hall–Kier alpha value is -3.80. The third-order valence-electron chi connectivity index (χ3n) is 5.97. The number of ether oxygens (including phenoxy) is 2. The highest BCUT2D eigenvalue weighted by molar-refractivity contribution is 7.20. The third-order valence-corrected chi connectivity index (χ3v) is 7.27. The number of rotatable bonds is 9. The molecule has 0 bridgehead atoms. The quantitative estimate of drug-likeness (QED) is 0.322. The van der Waals surface area contributed by atoms with E-state index in [0.29, 0.717) is 0 Å². The van der Waals surface area contributed by atoms with Gasteiger partial charge in [-0.15, -0.1) is 11.3 Å². The van der Waals surface area contributed by atoms with Crippen LogP contribution in [0.5, 0.6) is 5.75 Å². The van der Waals surface area contributed by atoms with Crippen LogP contribution in [0.3, 0.4) is 0 Å². The standard InChI is InChI=1S/C26H30FN3O7S/c1-8-37-23(33)20-14(4)19-21(32)30(26(5,6)24(34)28-13(2)3)25(35)29(22(19)38-20)12-17(31)16-11-15(27)9-10-18(16)36-7/h9-11,13H,8,12H2,1-7H3,(H,28,34). The monoisotopic (exact) mass is 547 g/mol. The van der Waals surface area contributed by atoms with Gasteiger partial charge in [0, 0.05) is 6.04 Å². The second-order valence-electron chi connectivity index (χ2n) is 9.42. The van der Waals surface area contributed by atoms with Crippen molar-refractivity contribution in [1.82, 2.24) is 14.5 Å². The molecule has 3 aromatic rings. The van der Waals surface area contributed by atoms with E-state index in [4.69, 9.17) is 9.47 Å². The van der Waals surface area contributed by atoms with Gasteiger partial charge in [0.15, 0.2) is 5.78 Å². The van der Waals surface area contributed by atoms with Gasteiger partial charge in [0.1, 0.15) is 26.8 Å². The van der Waals surface area contributed by atoms with Gasteiger partial charge in [-0.25, -0.2) is 18.5 Å². The Labute approximate surface area is 222 Å². The molecule has 0 aliphatic heterocycles. The number of hydrogen-bond donors (Lipinski definition) is 1. The number of amides is 1. The number of carbonyl (C=O) groups excluding carboxylic acids is 3. The molecule has 2 aromatic heterocycles. The Morgan fingerprint density at radius 1 is 1.18 bits per heavy atom. The molecule has 0 saturated carbocycles. The van der Waals surface area contributed by atoms with Gasteiger partial charge in [0.2, 0.25) is 5.91 Å². The number of esters is 1. The van der Waals surface area contributed by atoms with Crippen LogP contribution in [0.2, 0.25) is 0 Å². The summed E-state index contributed by atoms with van der Waals surface area (Å²) in [6, 6.07) is 3.13. The molecule has 10 nitrogen and oxygen atoms in total. The highest BCUT2D eigenvalue weighted by Crippen LogP contribution is 2.30. The molecule has 1 amide bonds. The van der Waals surface area contributed by atoms with Crippen LogP contribution in [-0.4, -0.2) is 46.6 Å². The Kier molecular flexibility index (Phi) is 8.25. The van der Waals surface area contributed by atoms with Gasteiger partial charge < -0.3 is 14.8 Å². The highest BCUT2D eigenvalue weighted by atomic mass is 32.1. The summed E-state index contributed by atoms with van der Waals surface area (Å²) in [5.74, 6) is -2.54. The van der Waals surface area contributed by atoms with Crippen LogP contribution in [0, 0.1) is 12.7 Å². The lowest BCUT2D eigenvalue weighted by atomic mass is 10.0. The van der Waals surface area contributed by atoms with E-state index in [1.54, 1.807) is 20.8 Å². The van der Waals surface area contributed by atoms with E-state index in [1.807, 2.05) is 0 Å². The summed E-state index contributed by atoms with van der Waals surface area (Å²) in [4.78, 5) is 66.7. The van der Waals surface area contributed by atoms with Crippen molar-refractivity contribution in [1.29, 1.82) is 0 Å². The summed E-state index contributed by atoms with van der Waals surface area (Å²) in [6.07, 6.45) is 0. The molecule has 12 heteroatoms. The number of aryl methyl sites for hydroxylation is 1. The van der Waals surface area contributed by atoms with Crippen molar-refractivity contribution in [2.45, 2.75) is 59.7 Å². The van der Waals surface area contributed by atoms with Crippen LogP contribution in [-0.2, 0) is 21.6 Å². The van der Waals surface area contributed by atoms with Crippen molar-refractivity contribution in [3.05, 3.63) is 60.9 Å². The van der Waals surface area contributed by atoms with E-state index >= 15 is 0 Å². The van der Waals surface area contributed by atoms with Crippen molar-refractivity contribution in [2.24, 2.45) is 0 Å². The molecule has 0 aliphatic carbocycles. The third kappa shape index (κ3) is 5.13. The second-order valence-corrected chi connectivity index (χ2v) is 10.4. The van der Waals surface area contributed by atoms with Crippen molar-refractivity contribution in [2.75, 3.05) is 13.7 Å². The maximum Gasteiger partial charge on any atom is 0.348 e. The Morgan fingerprint density at radius 2 is 1.84 bits per heavy atom. The summed E-state index contributed by atoms with van der Waals surface area (Å²) in [7, 11) is 1.32. The molecule has 3 rings (SSSR count). The molecule has 0 aliphatic rings. The molecule has 0 fully saturated rings. The van der Waals surface area contributed by atoms with Crippen LogP contribution >= 0.6 is 11.3 Å². The average molecular weight is 548 g/mol. The molecule has 1 N–H and O–H groups in total. The van der Waals surface area contributed by atoms with E-state index in [9.17, 15) is 28.4 Å². The minimum Gasteiger partial charge on any atom is -0.496 e. The van der Waals surface area contributed by atoms with E-state index < -0.39 is 46.8 Å². The predicted octanol–water partition coefficient (Wildman–Crippen LogP) is 3.00. The summed E-state index contributed by atoms with van der Waals surface area (Å²) in [5, 5.41) is 2.70. The normalized spacial score (nSPS) is 11.6. The van der Waals surface area contributed by atoms with E-state index in [2.05, 4.69) is 5.32 Å². The maximum atomic E-state index is 14.0. The number of carbonyl (C=O) groups is 3. The number of thiophene rings is 1. The van der Waals surface area contributed by atoms with Crippen molar-refractivity contribution in [3.63, 3.8) is 0 Å². The van der Waals surface area contributed by atoms with Gasteiger partial charge in [-0.05, 0) is 65.3 Å².